The molecule has 19 heavy (non-hydrogen) atoms. The van der Waals surface area contributed by atoms with Crippen molar-refractivity contribution < 1.29 is 9.47 Å². The maximum Gasteiger partial charge on any atom is 0.0656 e. The molecule has 0 saturated heterocycles. The standard InChI is InChI=1S/C14H23ClN2O2/c1-11-9-13(16)12(15)10-14(11)17(6-8-19-3)5-4-7-18-2/h9-10H,4-8,16H2,1-3H3. The molecule has 0 unspecified atom stereocenters. The molecule has 4 nitrogen and oxygen atoms in total. The third kappa shape index (κ3) is 4.90. The van der Waals surface area contributed by atoms with Crippen molar-refractivity contribution in [3.63, 3.8) is 0 Å². The highest BCUT2D eigenvalue weighted by Crippen LogP contribution is 2.29. The molecular weight excluding hydrogens is 264 g/mol. The molecule has 0 saturated carbocycles. The van der Waals surface area contributed by atoms with Gasteiger partial charge in [0, 0.05) is 39.6 Å². The lowest BCUT2D eigenvalue weighted by Gasteiger charge is -2.26. The second-order valence-corrected chi connectivity index (χ2v) is 4.89. The number of rotatable bonds is 8. The molecule has 0 fully saturated rings. The van der Waals surface area contributed by atoms with Crippen molar-refractivity contribution in [1.29, 1.82) is 0 Å². The van der Waals surface area contributed by atoms with E-state index in [0.29, 0.717) is 17.3 Å². The Bertz CT molecular complexity index is 399. The van der Waals surface area contributed by atoms with Crippen LogP contribution in [0, 0.1) is 6.92 Å². The first-order chi connectivity index (χ1) is 9.10. The molecule has 1 aromatic rings. The lowest BCUT2D eigenvalue weighted by atomic mass is 10.1. The molecule has 5 heteroatoms. The maximum absolute atomic E-state index is 6.12. The van der Waals surface area contributed by atoms with Gasteiger partial charge in [-0.15, -0.1) is 0 Å². The predicted octanol–water partition coefficient (Wildman–Crippen LogP) is 2.72. The average Bonchev–Trinajstić information content (AvgIpc) is 2.38. The highest BCUT2D eigenvalue weighted by molar-refractivity contribution is 6.33. The van der Waals surface area contributed by atoms with Gasteiger partial charge in [0.1, 0.15) is 0 Å². The minimum Gasteiger partial charge on any atom is -0.398 e. The summed E-state index contributed by atoms with van der Waals surface area (Å²) in [6.07, 6.45) is 0.960. The molecule has 0 atom stereocenters. The molecule has 0 spiro atoms. The van der Waals surface area contributed by atoms with E-state index in [0.717, 1.165) is 37.4 Å². The molecule has 0 aliphatic carbocycles. The van der Waals surface area contributed by atoms with Crippen LogP contribution in [0.25, 0.3) is 0 Å². The van der Waals surface area contributed by atoms with E-state index in [-0.39, 0.29) is 0 Å². The molecule has 1 aromatic carbocycles. The van der Waals surface area contributed by atoms with Crippen LogP contribution in [0.2, 0.25) is 5.02 Å². The Kier molecular flexibility index (Phi) is 6.99. The molecule has 0 bridgehead atoms. The van der Waals surface area contributed by atoms with Crippen molar-refractivity contribution in [2.75, 3.05) is 51.2 Å². The number of halogens is 1. The zero-order chi connectivity index (χ0) is 14.3. The Morgan fingerprint density at radius 3 is 2.47 bits per heavy atom. The van der Waals surface area contributed by atoms with Crippen molar-refractivity contribution in [3.05, 3.63) is 22.7 Å². The van der Waals surface area contributed by atoms with Gasteiger partial charge in [-0.1, -0.05) is 11.6 Å². The Labute approximate surface area is 120 Å². The summed E-state index contributed by atoms with van der Waals surface area (Å²) < 4.78 is 10.3. The quantitative estimate of drug-likeness (QED) is 0.590. The van der Waals surface area contributed by atoms with Crippen LogP contribution in [0.4, 0.5) is 11.4 Å². The first-order valence-electron chi connectivity index (χ1n) is 6.38. The molecule has 1 rings (SSSR count). The SMILES string of the molecule is COCCCN(CCOC)c1cc(Cl)c(N)cc1C. The van der Waals surface area contributed by atoms with E-state index >= 15 is 0 Å². The van der Waals surface area contributed by atoms with Crippen LogP contribution in [-0.4, -0.2) is 40.5 Å². The molecular formula is C14H23ClN2O2. The summed E-state index contributed by atoms with van der Waals surface area (Å²) in [5.41, 5.74) is 8.66. The Morgan fingerprint density at radius 1 is 1.16 bits per heavy atom. The molecule has 0 aliphatic heterocycles. The van der Waals surface area contributed by atoms with E-state index in [9.17, 15) is 0 Å². The van der Waals surface area contributed by atoms with Gasteiger partial charge in [-0.05, 0) is 31.0 Å². The van der Waals surface area contributed by atoms with Gasteiger partial charge in [-0.25, -0.2) is 0 Å². The van der Waals surface area contributed by atoms with Gasteiger partial charge in [-0.3, -0.25) is 0 Å². The predicted molar refractivity (Wildman–Crippen MR) is 81.2 cm³/mol. The number of nitrogens with zero attached hydrogens (tertiary/aromatic N) is 1. The van der Waals surface area contributed by atoms with Crippen molar-refractivity contribution in [1.82, 2.24) is 0 Å². The first kappa shape index (κ1) is 16.1. The van der Waals surface area contributed by atoms with E-state index in [4.69, 9.17) is 26.8 Å². The molecule has 0 aliphatic rings. The molecule has 2 N–H and O–H groups in total. The van der Waals surface area contributed by atoms with E-state index in [1.807, 2.05) is 19.1 Å². The van der Waals surface area contributed by atoms with Crippen LogP contribution < -0.4 is 10.6 Å². The van der Waals surface area contributed by atoms with Gasteiger partial charge >= 0.3 is 0 Å². The van der Waals surface area contributed by atoms with Gasteiger partial charge in [-0.2, -0.15) is 0 Å². The second kappa shape index (κ2) is 8.25. The minimum atomic E-state index is 0.592. The Morgan fingerprint density at radius 2 is 1.84 bits per heavy atom. The fraction of sp³-hybridized carbons (Fsp3) is 0.571. The topological polar surface area (TPSA) is 47.7 Å². The zero-order valence-corrected chi connectivity index (χ0v) is 12.7. The molecule has 0 radical (unpaired) electrons. The number of hydrogen-bond donors (Lipinski definition) is 1. The maximum atomic E-state index is 6.12. The summed E-state index contributed by atoms with van der Waals surface area (Å²) in [4.78, 5) is 2.25. The van der Waals surface area contributed by atoms with Crippen molar-refractivity contribution in [2.45, 2.75) is 13.3 Å². The fourth-order valence-electron chi connectivity index (χ4n) is 1.99. The average molecular weight is 287 g/mol. The largest absolute Gasteiger partial charge is 0.398 e. The molecule has 0 heterocycles. The smallest absolute Gasteiger partial charge is 0.0656 e. The van der Waals surface area contributed by atoms with Crippen LogP contribution in [0.1, 0.15) is 12.0 Å². The van der Waals surface area contributed by atoms with E-state index < -0.39 is 0 Å². The van der Waals surface area contributed by atoms with Gasteiger partial charge in [0.2, 0.25) is 0 Å². The van der Waals surface area contributed by atoms with Gasteiger partial charge in [0.15, 0.2) is 0 Å². The molecule has 0 amide bonds. The van der Waals surface area contributed by atoms with Crippen molar-refractivity contribution in [2.24, 2.45) is 0 Å². The fourth-order valence-corrected chi connectivity index (χ4v) is 2.15. The lowest BCUT2D eigenvalue weighted by molar-refractivity contribution is 0.191. The van der Waals surface area contributed by atoms with Crippen LogP contribution >= 0.6 is 11.6 Å². The minimum absolute atomic E-state index is 0.592. The summed E-state index contributed by atoms with van der Waals surface area (Å²) in [6, 6.07) is 3.84. The van der Waals surface area contributed by atoms with Gasteiger partial charge < -0.3 is 20.1 Å². The summed E-state index contributed by atoms with van der Waals surface area (Å²) in [5, 5.41) is 0.592. The summed E-state index contributed by atoms with van der Waals surface area (Å²) in [5.74, 6) is 0. The summed E-state index contributed by atoms with van der Waals surface area (Å²) >= 11 is 6.12. The van der Waals surface area contributed by atoms with Crippen molar-refractivity contribution in [3.8, 4) is 0 Å². The lowest BCUT2D eigenvalue weighted by Crippen LogP contribution is -2.29. The number of aryl methyl sites for hydroxylation is 1. The number of nitrogens with two attached hydrogens (primary N) is 1. The van der Waals surface area contributed by atoms with E-state index in [1.54, 1.807) is 14.2 Å². The number of hydrogen-bond acceptors (Lipinski definition) is 4. The Balaban J connectivity index is 2.85. The second-order valence-electron chi connectivity index (χ2n) is 4.49. The molecule has 108 valence electrons. The summed E-state index contributed by atoms with van der Waals surface area (Å²) in [7, 11) is 3.42. The van der Waals surface area contributed by atoms with Gasteiger partial charge in [0.05, 0.1) is 17.3 Å². The van der Waals surface area contributed by atoms with Crippen LogP contribution in [-0.2, 0) is 9.47 Å². The summed E-state index contributed by atoms with van der Waals surface area (Å²) in [6.45, 7) is 5.18. The normalized spacial score (nSPS) is 10.7. The zero-order valence-electron chi connectivity index (χ0n) is 11.9. The Hall–Kier alpha value is -0.970. The van der Waals surface area contributed by atoms with Crippen molar-refractivity contribution >= 4 is 23.0 Å². The van der Waals surface area contributed by atoms with Crippen LogP contribution in [0.15, 0.2) is 12.1 Å². The number of benzene rings is 1. The number of nitrogen functional groups attached to an aromatic ring is 1. The third-order valence-corrected chi connectivity index (χ3v) is 3.33. The number of ether oxygens (including phenoxy) is 2. The molecule has 0 aromatic heterocycles. The van der Waals surface area contributed by atoms with E-state index in [1.165, 1.54) is 0 Å². The number of methoxy groups -OCH3 is 2. The third-order valence-electron chi connectivity index (χ3n) is 3.00. The monoisotopic (exact) mass is 286 g/mol. The van der Waals surface area contributed by atoms with Gasteiger partial charge in [0.25, 0.3) is 0 Å². The highest BCUT2D eigenvalue weighted by Gasteiger charge is 2.11. The highest BCUT2D eigenvalue weighted by atomic mass is 35.5. The number of anilines is 2. The first-order valence-corrected chi connectivity index (χ1v) is 6.76. The van der Waals surface area contributed by atoms with Crippen LogP contribution in [0.5, 0.6) is 0 Å². The van der Waals surface area contributed by atoms with Crippen LogP contribution in [0.3, 0.4) is 0 Å². The van der Waals surface area contributed by atoms with E-state index in [2.05, 4.69) is 4.90 Å².